The van der Waals surface area contributed by atoms with Gasteiger partial charge in [-0.3, -0.25) is 0 Å². The molecular formula is C12H13F4NO3. The maximum Gasteiger partial charge on any atom is 0.335 e. The first-order chi connectivity index (χ1) is 9.33. The van der Waals surface area contributed by atoms with Crippen molar-refractivity contribution in [2.45, 2.75) is 12.3 Å². The molecule has 2 N–H and O–H groups in total. The fraction of sp³-hybridized carbons (Fsp3) is 0.417. The van der Waals surface area contributed by atoms with E-state index in [9.17, 15) is 22.4 Å². The summed E-state index contributed by atoms with van der Waals surface area (Å²) in [5, 5.41) is 10.9. The largest absolute Gasteiger partial charge is 0.492 e. The van der Waals surface area contributed by atoms with Crippen LogP contribution < -0.4 is 10.1 Å². The summed E-state index contributed by atoms with van der Waals surface area (Å²) in [7, 11) is 0. The Kier molecular flexibility index (Phi) is 5.75. The van der Waals surface area contributed by atoms with Gasteiger partial charge in [-0.15, -0.1) is 0 Å². The summed E-state index contributed by atoms with van der Waals surface area (Å²) in [5.74, 6) is -4.94. The van der Waals surface area contributed by atoms with E-state index in [1.54, 1.807) is 0 Å². The number of halogens is 4. The Morgan fingerprint density at radius 3 is 2.70 bits per heavy atom. The molecule has 0 bridgehead atoms. The predicted molar refractivity (Wildman–Crippen MR) is 62.7 cm³/mol. The van der Waals surface area contributed by atoms with Gasteiger partial charge in [0.05, 0.1) is 12.1 Å². The summed E-state index contributed by atoms with van der Waals surface area (Å²) in [6.45, 7) is -1.27. The van der Waals surface area contributed by atoms with Crippen molar-refractivity contribution in [2.75, 3.05) is 19.7 Å². The van der Waals surface area contributed by atoms with Crippen molar-refractivity contribution in [1.29, 1.82) is 0 Å². The molecule has 0 spiro atoms. The van der Waals surface area contributed by atoms with Gasteiger partial charge in [-0.1, -0.05) is 6.07 Å². The summed E-state index contributed by atoms with van der Waals surface area (Å²) in [6, 6.07) is 5.62. The highest BCUT2D eigenvalue weighted by atomic mass is 19.3. The molecule has 20 heavy (non-hydrogen) atoms. The lowest BCUT2D eigenvalue weighted by molar-refractivity contribution is -0.125. The highest BCUT2D eigenvalue weighted by molar-refractivity contribution is 5.87. The highest BCUT2D eigenvalue weighted by Gasteiger charge is 2.39. The SMILES string of the molecule is O=C(O)c1cccc(OCCNCC(F)(F)C(F)F)c1. The van der Waals surface area contributed by atoms with Crippen LogP contribution in [0, 0.1) is 0 Å². The van der Waals surface area contributed by atoms with Crippen LogP contribution in [-0.2, 0) is 0 Å². The van der Waals surface area contributed by atoms with Crippen LogP contribution in [0.4, 0.5) is 17.6 Å². The van der Waals surface area contributed by atoms with Crippen LogP contribution in [0.25, 0.3) is 0 Å². The van der Waals surface area contributed by atoms with E-state index in [2.05, 4.69) is 5.32 Å². The van der Waals surface area contributed by atoms with E-state index in [1.165, 1.54) is 24.3 Å². The molecule has 0 aliphatic carbocycles. The number of hydrogen-bond donors (Lipinski definition) is 2. The number of nitrogens with one attached hydrogen (secondary N) is 1. The molecule has 0 radical (unpaired) electrons. The molecule has 1 rings (SSSR count). The standard InChI is InChI=1S/C12H13F4NO3/c13-11(14)12(15,16)7-17-4-5-20-9-3-1-2-8(6-9)10(18)19/h1-3,6,11,17H,4-5,7H2,(H,18,19). The van der Waals surface area contributed by atoms with Crippen molar-refractivity contribution < 1.29 is 32.2 Å². The Hall–Kier alpha value is -1.83. The van der Waals surface area contributed by atoms with Gasteiger partial charge in [0.2, 0.25) is 0 Å². The molecule has 0 atom stereocenters. The molecule has 0 saturated carbocycles. The molecule has 0 amide bonds. The van der Waals surface area contributed by atoms with Gasteiger partial charge in [0, 0.05) is 6.54 Å². The lowest BCUT2D eigenvalue weighted by atomic mass is 10.2. The van der Waals surface area contributed by atoms with E-state index in [-0.39, 0.29) is 24.5 Å². The molecular weight excluding hydrogens is 282 g/mol. The fourth-order valence-corrected chi connectivity index (χ4v) is 1.29. The molecule has 1 aromatic carbocycles. The van der Waals surface area contributed by atoms with Crippen molar-refractivity contribution >= 4 is 5.97 Å². The third-order valence-electron chi connectivity index (χ3n) is 2.31. The van der Waals surface area contributed by atoms with E-state index in [0.29, 0.717) is 0 Å². The summed E-state index contributed by atoms with van der Waals surface area (Å²) in [5.41, 5.74) is 0.0275. The first-order valence-corrected chi connectivity index (χ1v) is 5.66. The van der Waals surface area contributed by atoms with Gasteiger partial charge in [0.15, 0.2) is 0 Å². The molecule has 8 heteroatoms. The Labute approximate surface area is 112 Å². The van der Waals surface area contributed by atoms with E-state index < -0.39 is 24.9 Å². The number of aromatic carboxylic acids is 1. The molecule has 0 saturated heterocycles. The highest BCUT2D eigenvalue weighted by Crippen LogP contribution is 2.21. The van der Waals surface area contributed by atoms with Gasteiger partial charge in [-0.25, -0.2) is 13.6 Å². The van der Waals surface area contributed by atoms with Gasteiger partial charge in [-0.05, 0) is 18.2 Å². The number of carboxylic acids is 1. The zero-order valence-corrected chi connectivity index (χ0v) is 10.3. The number of carbonyl (C=O) groups is 1. The summed E-state index contributed by atoms with van der Waals surface area (Å²) in [6.07, 6.45) is -3.72. The summed E-state index contributed by atoms with van der Waals surface area (Å²) < 4.78 is 53.8. The fourth-order valence-electron chi connectivity index (χ4n) is 1.29. The van der Waals surface area contributed by atoms with Crippen LogP contribution in [0.5, 0.6) is 5.75 Å². The zero-order valence-electron chi connectivity index (χ0n) is 10.3. The Bertz CT molecular complexity index is 454. The second kappa shape index (κ2) is 7.09. The van der Waals surface area contributed by atoms with Crippen molar-refractivity contribution in [3.05, 3.63) is 29.8 Å². The van der Waals surface area contributed by atoms with Crippen molar-refractivity contribution in [3.63, 3.8) is 0 Å². The number of ether oxygens (including phenoxy) is 1. The van der Waals surface area contributed by atoms with Crippen molar-refractivity contribution in [1.82, 2.24) is 5.32 Å². The topological polar surface area (TPSA) is 58.6 Å². The Morgan fingerprint density at radius 1 is 1.40 bits per heavy atom. The summed E-state index contributed by atoms with van der Waals surface area (Å²) in [4.78, 5) is 10.7. The lowest BCUT2D eigenvalue weighted by Gasteiger charge is -2.15. The van der Waals surface area contributed by atoms with Crippen LogP contribution in [0.3, 0.4) is 0 Å². The monoisotopic (exact) mass is 295 g/mol. The van der Waals surface area contributed by atoms with Crippen LogP contribution >= 0.6 is 0 Å². The van der Waals surface area contributed by atoms with Crippen molar-refractivity contribution in [3.8, 4) is 5.75 Å². The second-order valence-corrected chi connectivity index (χ2v) is 3.92. The first-order valence-electron chi connectivity index (χ1n) is 5.66. The maximum absolute atomic E-state index is 12.5. The molecule has 112 valence electrons. The van der Waals surface area contributed by atoms with Gasteiger partial charge >= 0.3 is 18.3 Å². The normalized spacial score (nSPS) is 11.7. The molecule has 0 fully saturated rings. The number of carboxylic acid groups (broad SMARTS) is 1. The van der Waals surface area contributed by atoms with Crippen molar-refractivity contribution in [2.24, 2.45) is 0 Å². The minimum Gasteiger partial charge on any atom is -0.492 e. The van der Waals surface area contributed by atoms with Gasteiger partial charge < -0.3 is 15.2 Å². The third kappa shape index (κ3) is 5.04. The zero-order chi connectivity index (χ0) is 15.2. The third-order valence-corrected chi connectivity index (χ3v) is 2.31. The number of hydrogen-bond acceptors (Lipinski definition) is 3. The van der Waals surface area contributed by atoms with Gasteiger partial charge in [-0.2, -0.15) is 8.78 Å². The minimum absolute atomic E-state index is 0.0275. The molecule has 4 nitrogen and oxygen atoms in total. The molecule has 0 aliphatic heterocycles. The smallest absolute Gasteiger partial charge is 0.335 e. The van der Waals surface area contributed by atoms with E-state index in [4.69, 9.17) is 9.84 Å². The Morgan fingerprint density at radius 2 is 2.10 bits per heavy atom. The average molecular weight is 295 g/mol. The van der Waals surface area contributed by atoms with Gasteiger partial charge in [0.25, 0.3) is 0 Å². The Balaban J connectivity index is 2.31. The lowest BCUT2D eigenvalue weighted by Crippen LogP contribution is -2.40. The molecule has 0 unspecified atom stereocenters. The van der Waals surface area contributed by atoms with E-state index in [1.807, 2.05) is 0 Å². The van der Waals surface area contributed by atoms with E-state index >= 15 is 0 Å². The minimum atomic E-state index is -4.08. The molecule has 0 aromatic heterocycles. The number of rotatable bonds is 8. The quantitative estimate of drug-likeness (QED) is 0.570. The molecule has 1 aromatic rings. The van der Waals surface area contributed by atoms with Crippen LogP contribution in [0.2, 0.25) is 0 Å². The van der Waals surface area contributed by atoms with Crippen LogP contribution in [-0.4, -0.2) is 43.1 Å². The van der Waals surface area contributed by atoms with Crippen LogP contribution in [0.1, 0.15) is 10.4 Å². The number of benzene rings is 1. The maximum atomic E-state index is 12.5. The number of alkyl halides is 4. The van der Waals surface area contributed by atoms with Gasteiger partial charge in [0.1, 0.15) is 12.4 Å². The first kappa shape index (κ1) is 16.2. The average Bonchev–Trinajstić information content (AvgIpc) is 2.38. The predicted octanol–water partition coefficient (Wildman–Crippen LogP) is 2.25. The second-order valence-electron chi connectivity index (χ2n) is 3.92. The molecule has 0 aliphatic rings. The van der Waals surface area contributed by atoms with E-state index in [0.717, 1.165) is 0 Å². The summed E-state index contributed by atoms with van der Waals surface area (Å²) >= 11 is 0. The van der Waals surface area contributed by atoms with Crippen LogP contribution in [0.15, 0.2) is 24.3 Å². The molecule has 0 heterocycles.